The summed E-state index contributed by atoms with van der Waals surface area (Å²) in [5.41, 5.74) is -2.09. The van der Waals surface area contributed by atoms with Gasteiger partial charge in [0.2, 0.25) is 5.88 Å². The number of fused-ring (bicyclic) bond motifs is 6. The molecule has 2 fully saturated rings. The molecule has 1 saturated carbocycles. The second-order valence-electron chi connectivity index (χ2n) is 13.1. The fourth-order valence-electron chi connectivity index (χ4n) is 6.21. The molecule has 12 nitrogen and oxygen atoms in total. The summed E-state index contributed by atoms with van der Waals surface area (Å²) in [7, 11) is -4.34. The van der Waals surface area contributed by atoms with Gasteiger partial charge in [-0.05, 0) is 70.2 Å². The Bertz CT molecular complexity index is 1740. The van der Waals surface area contributed by atoms with Crippen LogP contribution in [0.25, 0.3) is 5.82 Å². The maximum Gasteiger partial charge on any atom is 0.394 e. The Kier molecular flexibility index (Phi) is 8.61. The van der Waals surface area contributed by atoms with Crippen LogP contribution >= 0.6 is 0 Å². The van der Waals surface area contributed by atoms with E-state index in [2.05, 4.69) is 27.0 Å². The number of carbonyl (C=O) groups excluding carboxylic acids is 1. The second kappa shape index (κ2) is 12.3. The Morgan fingerprint density at radius 2 is 1.87 bits per heavy atom. The van der Waals surface area contributed by atoms with Crippen LogP contribution in [0.3, 0.4) is 0 Å². The molecule has 5 heterocycles. The summed E-state index contributed by atoms with van der Waals surface area (Å²) >= 11 is 0. The van der Waals surface area contributed by atoms with E-state index in [-0.39, 0.29) is 54.2 Å². The van der Waals surface area contributed by atoms with Crippen LogP contribution in [0.5, 0.6) is 5.88 Å². The van der Waals surface area contributed by atoms with Crippen LogP contribution in [0.15, 0.2) is 47.6 Å². The number of aromatic nitrogens is 4. The van der Waals surface area contributed by atoms with Crippen molar-refractivity contribution in [2.24, 2.45) is 5.41 Å². The summed E-state index contributed by atoms with van der Waals surface area (Å²) < 4.78 is 75.9. The van der Waals surface area contributed by atoms with E-state index in [4.69, 9.17) is 9.72 Å². The molecule has 2 aliphatic heterocycles. The van der Waals surface area contributed by atoms with Gasteiger partial charge in [-0.25, -0.2) is 19.4 Å². The van der Waals surface area contributed by atoms with Crippen molar-refractivity contribution < 1.29 is 31.1 Å². The number of unbranched alkanes of at least 4 members (excludes halogenated alkanes) is 1. The van der Waals surface area contributed by atoms with E-state index in [0.717, 1.165) is 12.8 Å². The second-order valence-corrected chi connectivity index (χ2v) is 14.7. The molecule has 47 heavy (non-hydrogen) atoms. The molecule has 3 aromatic heterocycles. The number of carbonyl (C=O) groups is 1. The molecular weight excluding hydrogens is 637 g/mol. The number of alkyl halides is 3. The Morgan fingerprint density at radius 3 is 2.60 bits per heavy atom. The van der Waals surface area contributed by atoms with Crippen LogP contribution in [0, 0.1) is 5.41 Å². The summed E-state index contributed by atoms with van der Waals surface area (Å²) in [6.45, 7) is 7.61. The quantitative estimate of drug-likeness (QED) is 0.353. The van der Waals surface area contributed by atoms with E-state index in [9.17, 15) is 26.4 Å². The van der Waals surface area contributed by atoms with Crippen LogP contribution < -0.4 is 24.6 Å². The summed E-state index contributed by atoms with van der Waals surface area (Å²) in [6, 6.07) is 9.28. The first-order valence-electron chi connectivity index (χ1n) is 15.8. The lowest BCUT2D eigenvalue weighted by atomic mass is 10.00. The van der Waals surface area contributed by atoms with E-state index in [1.54, 1.807) is 18.3 Å². The molecule has 6 rings (SSSR count). The first kappa shape index (κ1) is 33.0. The summed E-state index contributed by atoms with van der Waals surface area (Å²) in [6.07, 6.45) is -0.0853. The fourth-order valence-corrected chi connectivity index (χ4v) is 7.14. The van der Waals surface area contributed by atoms with Crippen molar-refractivity contribution in [3.8, 4) is 11.7 Å². The number of nitrogens with one attached hydrogen (secondary N) is 2. The number of pyridine rings is 2. The predicted octanol–water partition coefficient (Wildman–Crippen LogP) is 4.42. The minimum Gasteiger partial charge on any atom is -0.477 e. The van der Waals surface area contributed by atoms with E-state index < -0.39 is 33.1 Å². The monoisotopic (exact) mass is 676 g/mol. The van der Waals surface area contributed by atoms with Crippen LogP contribution in [0.4, 0.5) is 24.8 Å². The summed E-state index contributed by atoms with van der Waals surface area (Å²) in [5, 5.41) is 7.69. The van der Waals surface area contributed by atoms with Gasteiger partial charge in [0.25, 0.3) is 15.9 Å². The predicted molar refractivity (Wildman–Crippen MR) is 168 cm³/mol. The Balaban J connectivity index is 1.31. The van der Waals surface area contributed by atoms with Crippen LogP contribution in [0.1, 0.15) is 69.7 Å². The summed E-state index contributed by atoms with van der Waals surface area (Å²) in [5.74, 6) is 0.360. The van der Waals surface area contributed by atoms with Crippen molar-refractivity contribution >= 4 is 27.6 Å². The lowest BCUT2D eigenvalue weighted by Crippen LogP contribution is -2.43. The van der Waals surface area contributed by atoms with Crippen molar-refractivity contribution in [3.63, 3.8) is 0 Å². The van der Waals surface area contributed by atoms with E-state index >= 15 is 0 Å². The largest absolute Gasteiger partial charge is 0.477 e. The van der Waals surface area contributed by atoms with E-state index in [1.165, 1.54) is 28.9 Å². The minimum absolute atomic E-state index is 0.0153. The molecule has 0 spiro atoms. The number of anilines is 2. The highest BCUT2D eigenvalue weighted by Crippen LogP contribution is 2.59. The van der Waals surface area contributed by atoms with Crippen molar-refractivity contribution in [3.05, 3.63) is 48.2 Å². The molecule has 16 heteroatoms. The van der Waals surface area contributed by atoms with Crippen LogP contribution in [-0.2, 0) is 10.0 Å². The smallest absolute Gasteiger partial charge is 0.394 e. The standard InChI is InChI=1S/C31H39F3N8O4S/c1-4-5-15-40-20-35-21-18-29(2,3)41(19-21)27-22(28(43)39-47(44,45)26-8-6-7-23(40)36-26)9-10-24(37-27)42-16-11-25(38-42)46-17-14-30(12-13-30)31(32,33)34/h6-11,16,21,35H,4-5,12-15,17-20H2,1-3H3,(H,39,43). The van der Waals surface area contributed by atoms with Gasteiger partial charge >= 0.3 is 6.18 Å². The third kappa shape index (κ3) is 6.75. The number of ether oxygens (including phenoxy) is 1. The molecule has 1 unspecified atom stereocenters. The van der Waals surface area contributed by atoms with Crippen molar-refractivity contribution in [2.75, 3.05) is 36.2 Å². The topological polar surface area (TPSA) is 135 Å². The first-order chi connectivity index (χ1) is 22.2. The maximum absolute atomic E-state index is 13.7. The van der Waals surface area contributed by atoms with Crippen molar-refractivity contribution in [2.45, 2.75) is 82.1 Å². The molecule has 254 valence electrons. The number of nitrogens with zero attached hydrogens (tertiary/aromatic N) is 6. The highest BCUT2D eigenvalue weighted by atomic mass is 32.2. The molecular formula is C31H39F3N8O4S. The van der Waals surface area contributed by atoms with Crippen LogP contribution in [-0.4, -0.2) is 78.2 Å². The molecule has 4 bridgehead atoms. The third-order valence-electron chi connectivity index (χ3n) is 9.21. The average Bonchev–Trinajstić information content (AvgIpc) is 3.56. The lowest BCUT2D eigenvalue weighted by molar-refractivity contribution is -0.190. The molecule has 1 atom stereocenters. The summed E-state index contributed by atoms with van der Waals surface area (Å²) in [4.78, 5) is 26.9. The number of hydrogen-bond acceptors (Lipinski definition) is 10. The molecule has 0 radical (unpaired) electrons. The van der Waals surface area contributed by atoms with Gasteiger partial charge in [0.15, 0.2) is 10.8 Å². The van der Waals surface area contributed by atoms with E-state index in [1.807, 2.05) is 23.6 Å². The van der Waals surface area contributed by atoms with Gasteiger partial charge in [-0.3, -0.25) is 10.1 Å². The zero-order chi connectivity index (χ0) is 33.6. The SMILES string of the molecule is CCCCN1CNC2CN(c3nc(-n4ccc(OCCC5(C(F)(F)F)CC5)n4)ccc3C(=O)NS(=O)(=O)c3cccc1n3)C(C)(C)C2. The molecule has 2 N–H and O–H groups in total. The molecule has 1 aliphatic carbocycles. The van der Waals surface area contributed by atoms with Gasteiger partial charge in [0.05, 0.1) is 24.3 Å². The van der Waals surface area contributed by atoms with Gasteiger partial charge in [-0.15, -0.1) is 5.10 Å². The minimum atomic E-state index is -4.34. The molecule has 1 saturated heterocycles. The van der Waals surface area contributed by atoms with Crippen LogP contribution in [0.2, 0.25) is 0 Å². The van der Waals surface area contributed by atoms with Crippen molar-refractivity contribution in [1.82, 2.24) is 29.8 Å². The number of hydrogen-bond donors (Lipinski definition) is 2. The van der Waals surface area contributed by atoms with Gasteiger partial charge in [0.1, 0.15) is 11.6 Å². The fraction of sp³-hybridized carbons (Fsp3) is 0.548. The number of rotatable bonds is 8. The normalized spacial score (nSPS) is 21.5. The number of sulfonamides is 1. The molecule has 0 aromatic carbocycles. The molecule has 3 aliphatic rings. The first-order valence-corrected chi connectivity index (χ1v) is 17.3. The maximum atomic E-state index is 13.7. The number of amides is 1. The molecule has 1 amide bonds. The van der Waals surface area contributed by atoms with Crippen molar-refractivity contribution in [1.29, 1.82) is 0 Å². The number of halogens is 3. The highest BCUT2D eigenvalue weighted by molar-refractivity contribution is 7.90. The zero-order valence-corrected chi connectivity index (χ0v) is 27.4. The van der Waals surface area contributed by atoms with E-state index in [0.29, 0.717) is 37.8 Å². The lowest BCUT2D eigenvalue weighted by Gasteiger charge is -2.33. The Labute approximate surface area is 271 Å². The van der Waals surface area contributed by atoms with Gasteiger partial charge in [0, 0.05) is 36.9 Å². The van der Waals surface area contributed by atoms with Gasteiger partial charge < -0.3 is 14.5 Å². The van der Waals surface area contributed by atoms with Gasteiger partial charge in [-0.1, -0.05) is 19.4 Å². The average molecular weight is 677 g/mol. The third-order valence-corrected chi connectivity index (χ3v) is 10.4. The Hall–Kier alpha value is -3.92. The molecule has 3 aromatic rings. The zero-order valence-electron chi connectivity index (χ0n) is 26.5. The Morgan fingerprint density at radius 1 is 1.09 bits per heavy atom. The van der Waals surface area contributed by atoms with Gasteiger partial charge in [-0.2, -0.15) is 21.6 Å². The highest BCUT2D eigenvalue weighted by Gasteiger charge is 2.62.